The molecule has 0 unspecified atom stereocenters. The molecule has 0 spiro atoms. The molecule has 0 radical (unpaired) electrons. The summed E-state index contributed by atoms with van der Waals surface area (Å²) in [6.07, 6.45) is 9.57. The van der Waals surface area contributed by atoms with E-state index in [9.17, 15) is 0 Å². The highest BCUT2D eigenvalue weighted by atomic mass is 15.0. The topological polar surface area (TPSA) is 30.2 Å². The Kier molecular flexibility index (Phi) is 1.78. The number of aromatic nitrogens is 3. The van der Waals surface area contributed by atoms with Crippen molar-refractivity contribution in [3.63, 3.8) is 0 Å². The first kappa shape index (κ1) is 7.28. The van der Waals surface area contributed by atoms with Gasteiger partial charge in [-0.2, -0.15) is 0 Å². The van der Waals surface area contributed by atoms with Gasteiger partial charge in [0.1, 0.15) is 5.82 Å². The van der Waals surface area contributed by atoms with E-state index >= 15 is 0 Å². The minimum Gasteiger partial charge on any atom is -0.301 e. The van der Waals surface area contributed by atoms with Crippen LogP contribution in [0.3, 0.4) is 0 Å². The van der Waals surface area contributed by atoms with Crippen LogP contribution in [-0.2, 0) is 6.42 Å². The molecule has 0 saturated heterocycles. The smallest absolute Gasteiger partial charge is 0.113 e. The van der Waals surface area contributed by atoms with Crippen LogP contribution in [0.2, 0.25) is 0 Å². The fraction of sp³-hybridized carbons (Fsp3) is 0.333. The van der Waals surface area contributed by atoms with E-state index in [0.29, 0.717) is 0 Å². The number of hydrogen-bond donors (Lipinski definition) is 0. The first-order valence-electron chi connectivity index (χ1n) is 4.17. The predicted octanol–water partition coefficient (Wildman–Crippen LogP) is 1.68. The zero-order valence-electron chi connectivity index (χ0n) is 7.07. The number of imidazole rings is 1. The fourth-order valence-corrected chi connectivity index (χ4v) is 1.31. The number of fused-ring (bicyclic) bond motifs is 1. The molecule has 0 saturated carbocycles. The summed E-state index contributed by atoms with van der Waals surface area (Å²) < 4.78 is 2.08. The molecule has 12 heavy (non-hydrogen) atoms. The standard InChI is InChI=1S/C9H11N3/c1-2-3-9-11-7-8-6-10-4-5-12(8)9/h4-7H,2-3H2,1H3. The molecule has 0 fully saturated rings. The molecule has 0 N–H and O–H groups in total. The molecule has 0 aliphatic rings. The van der Waals surface area contributed by atoms with E-state index in [-0.39, 0.29) is 0 Å². The van der Waals surface area contributed by atoms with Gasteiger partial charge in [0, 0.05) is 18.8 Å². The summed E-state index contributed by atoms with van der Waals surface area (Å²) in [5.74, 6) is 1.12. The molecule has 0 aromatic carbocycles. The van der Waals surface area contributed by atoms with Crippen molar-refractivity contribution in [1.29, 1.82) is 0 Å². The monoisotopic (exact) mass is 161 g/mol. The number of rotatable bonds is 2. The van der Waals surface area contributed by atoms with Crippen LogP contribution in [0.5, 0.6) is 0 Å². The second-order valence-corrected chi connectivity index (χ2v) is 2.80. The van der Waals surface area contributed by atoms with E-state index in [1.54, 1.807) is 6.20 Å². The molecule has 2 aromatic rings. The van der Waals surface area contributed by atoms with Gasteiger partial charge in [-0.1, -0.05) is 6.92 Å². The molecule has 0 amide bonds. The summed E-state index contributed by atoms with van der Waals surface area (Å²) in [7, 11) is 0. The Morgan fingerprint density at radius 1 is 1.42 bits per heavy atom. The van der Waals surface area contributed by atoms with Crippen molar-refractivity contribution in [2.75, 3.05) is 0 Å². The van der Waals surface area contributed by atoms with E-state index in [2.05, 4.69) is 21.3 Å². The summed E-state index contributed by atoms with van der Waals surface area (Å²) >= 11 is 0. The van der Waals surface area contributed by atoms with Crippen molar-refractivity contribution < 1.29 is 0 Å². The van der Waals surface area contributed by atoms with Crippen molar-refractivity contribution in [2.45, 2.75) is 19.8 Å². The second kappa shape index (κ2) is 2.93. The zero-order chi connectivity index (χ0) is 8.39. The van der Waals surface area contributed by atoms with Gasteiger partial charge in [-0.25, -0.2) is 4.98 Å². The minimum atomic E-state index is 1.03. The molecular formula is C9H11N3. The summed E-state index contributed by atoms with van der Waals surface area (Å²) in [5.41, 5.74) is 1.07. The highest BCUT2D eigenvalue weighted by Gasteiger charge is 1.99. The van der Waals surface area contributed by atoms with E-state index in [1.807, 2.05) is 18.6 Å². The first-order chi connectivity index (χ1) is 5.92. The summed E-state index contributed by atoms with van der Waals surface area (Å²) in [4.78, 5) is 8.33. The lowest BCUT2D eigenvalue weighted by Crippen LogP contribution is -1.93. The Labute approximate surface area is 71.1 Å². The van der Waals surface area contributed by atoms with Crippen LogP contribution in [0.4, 0.5) is 0 Å². The molecule has 0 bridgehead atoms. The number of nitrogens with zero attached hydrogens (tertiary/aromatic N) is 3. The fourth-order valence-electron chi connectivity index (χ4n) is 1.31. The molecule has 62 valence electrons. The Morgan fingerprint density at radius 2 is 2.33 bits per heavy atom. The van der Waals surface area contributed by atoms with Crippen LogP contribution in [0, 0.1) is 0 Å². The molecule has 2 rings (SSSR count). The molecule has 2 heterocycles. The Hall–Kier alpha value is -1.38. The van der Waals surface area contributed by atoms with E-state index in [0.717, 1.165) is 24.2 Å². The molecule has 3 heteroatoms. The summed E-state index contributed by atoms with van der Waals surface area (Å²) in [5, 5.41) is 0. The molecule has 0 atom stereocenters. The van der Waals surface area contributed by atoms with Gasteiger partial charge in [-0.3, -0.25) is 4.98 Å². The third kappa shape index (κ3) is 1.07. The lowest BCUT2D eigenvalue weighted by Gasteiger charge is -1.96. The lowest BCUT2D eigenvalue weighted by molar-refractivity contribution is 0.828. The average molecular weight is 161 g/mol. The van der Waals surface area contributed by atoms with Gasteiger partial charge in [0.2, 0.25) is 0 Å². The van der Waals surface area contributed by atoms with Gasteiger partial charge in [-0.15, -0.1) is 0 Å². The highest BCUT2D eigenvalue weighted by Crippen LogP contribution is 2.05. The van der Waals surface area contributed by atoms with Crippen LogP contribution < -0.4 is 0 Å². The Bertz CT molecular complexity index is 378. The van der Waals surface area contributed by atoms with Crippen LogP contribution in [0.25, 0.3) is 5.52 Å². The molecule has 3 nitrogen and oxygen atoms in total. The third-order valence-corrected chi connectivity index (χ3v) is 1.88. The van der Waals surface area contributed by atoms with Gasteiger partial charge < -0.3 is 4.40 Å². The molecule has 0 aliphatic heterocycles. The normalized spacial score (nSPS) is 10.8. The second-order valence-electron chi connectivity index (χ2n) is 2.80. The quantitative estimate of drug-likeness (QED) is 0.670. The maximum atomic E-state index is 4.31. The highest BCUT2D eigenvalue weighted by molar-refractivity contribution is 5.42. The third-order valence-electron chi connectivity index (χ3n) is 1.88. The minimum absolute atomic E-state index is 1.03. The first-order valence-corrected chi connectivity index (χ1v) is 4.17. The van der Waals surface area contributed by atoms with Crippen molar-refractivity contribution in [3.05, 3.63) is 30.6 Å². The average Bonchev–Trinajstić information content (AvgIpc) is 2.50. The summed E-state index contributed by atoms with van der Waals surface area (Å²) in [6, 6.07) is 0. The maximum Gasteiger partial charge on any atom is 0.113 e. The zero-order valence-corrected chi connectivity index (χ0v) is 7.07. The molecule has 0 aliphatic carbocycles. The van der Waals surface area contributed by atoms with Crippen molar-refractivity contribution in [3.8, 4) is 0 Å². The van der Waals surface area contributed by atoms with Crippen LogP contribution in [0.1, 0.15) is 19.2 Å². The van der Waals surface area contributed by atoms with E-state index in [4.69, 9.17) is 0 Å². The van der Waals surface area contributed by atoms with E-state index in [1.165, 1.54) is 0 Å². The number of hydrogen-bond acceptors (Lipinski definition) is 2. The summed E-state index contributed by atoms with van der Waals surface area (Å²) in [6.45, 7) is 2.16. The van der Waals surface area contributed by atoms with Crippen molar-refractivity contribution >= 4 is 5.52 Å². The van der Waals surface area contributed by atoms with Crippen LogP contribution in [-0.4, -0.2) is 14.4 Å². The van der Waals surface area contributed by atoms with Crippen molar-refractivity contribution in [2.24, 2.45) is 0 Å². The maximum absolute atomic E-state index is 4.31. The molecule has 2 aromatic heterocycles. The van der Waals surface area contributed by atoms with Gasteiger partial charge >= 0.3 is 0 Å². The Morgan fingerprint density at radius 3 is 3.17 bits per heavy atom. The van der Waals surface area contributed by atoms with Gasteiger partial charge in [-0.05, 0) is 6.42 Å². The largest absolute Gasteiger partial charge is 0.301 e. The van der Waals surface area contributed by atoms with Gasteiger partial charge in [0.15, 0.2) is 0 Å². The SMILES string of the molecule is CCCc1ncc2cnccn12. The van der Waals surface area contributed by atoms with Crippen LogP contribution in [0.15, 0.2) is 24.8 Å². The van der Waals surface area contributed by atoms with Gasteiger partial charge in [0.05, 0.1) is 17.9 Å². The van der Waals surface area contributed by atoms with Gasteiger partial charge in [0.25, 0.3) is 0 Å². The van der Waals surface area contributed by atoms with Crippen LogP contribution >= 0.6 is 0 Å². The Balaban J connectivity index is 2.55. The van der Waals surface area contributed by atoms with Crippen molar-refractivity contribution in [1.82, 2.24) is 14.4 Å². The lowest BCUT2D eigenvalue weighted by atomic mass is 10.3. The molecular weight excluding hydrogens is 150 g/mol. The predicted molar refractivity (Wildman–Crippen MR) is 47.0 cm³/mol. The number of aryl methyl sites for hydroxylation is 1. The van der Waals surface area contributed by atoms with E-state index < -0.39 is 0 Å².